The van der Waals surface area contributed by atoms with Crippen LogP contribution in [-0.4, -0.2) is 22.6 Å². The molecule has 0 fully saturated rings. The van der Waals surface area contributed by atoms with E-state index in [4.69, 9.17) is 22.1 Å². The number of halogens is 1. The lowest BCUT2D eigenvalue weighted by Crippen LogP contribution is -2.19. The Kier molecular flexibility index (Phi) is 4.18. The first-order chi connectivity index (χ1) is 9.45. The number of alkyl halides is 1. The highest BCUT2D eigenvalue weighted by atomic mass is 35.5. The van der Waals surface area contributed by atoms with Gasteiger partial charge in [-0.3, -0.25) is 4.79 Å². The number of carbonyl (C=O) groups excluding carboxylic acids is 1. The van der Waals surface area contributed by atoms with Gasteiger partial charge in [-0.05, 0) is 26.0 Å². The zero-order valence-electron chi connectivity index (χ0n) is 11.8. The lowest BCUT2D eigenvalue weighted by atomic mass is 10.2. The van der Waals surface area contributed by atoms with E-state index in [1.165, 1.54) is 0 Å². The number of hydrogen-bond donors (Lipinski definition) is 1. The number of benzene rings is 1. The van der Waals surface area contributed by atoms with Crippen molar-refractivity contribution in [2.75, 3.05) is 7.11 Å². The number of methoxy groups -OCH3 is 1. The van der Waals surface area contributed by atoms with Crippen molar-refractivity contribution in [2.24, 2.45) is 5.73 Å². The molecule has 20 heavy (non-hydrogen) atoms. The molecule has 0 saturated heterocycles. The number of nitrogens with two attached hydrogens (primary N) is 1. The number of rotatable bonds is 5. The predicted molar refractivity (Wildman–Crippen MR) is 79.1 cm³/mol. The minimum atomic E-state index is -0.351. The summed E-state index contributed by atoms with van der Waals surface area (Å²) in [6.07, 6.45) is 0.235. The molecule has 2 atom stereocenters. The van der Waals surface area contributed by atoms with Crippen LogP contribution in [0.1, 0.15) is 37.5 Å². The number of primary amides is 1. The molecule has 0 aliphatic rings. The molecule has 6 heteroatoms. The first-order valence-electron chi connectivity index (χ1n) is 6.43. The number of para-hydroxylation sites is 1. The second-order valence-electron chi connectivity index (χ2n) is 4.80. The molecule has 108 valence electrons. The van der Waals surface area contributed by atoms with Crippen molar-refractivity contribution < 1.29 is 9.53 Å². The van der Waals surface area contributed by atoms with E-state index in [9.17, 15) is 4.79 Å². The van der Waals surface area contributed by atoms with Gasteiger partial charge in [0.1, 0.15) is 17.1 Å². The SMILES string of the molecule is COc1cccc2c1nc(C(C)Cl)n2C(C)CC(N)=O. The fraction of sp³-hybridized carbons (Fsp3) is 0.429. The van der Waals surface area contributed by atoms with E-state index in [-0.39, 0.29) is 23.7 Å². The first kappa shape index (κ1) is 14.7. The number of fused-ring (bicyclic) bond motifs is 1. The summed E-state index contributed by atoms with van der Waals surface area (Å²) in [5.74, 6) is 1.04. The van der Waals surface area contributed by atoms with Gasteiger partial charge in [0, 0.05) is 12.5 Å². The molecule has 1 heterocycles. The predicted octanol–water partition coefficient (Wildman–Crippen LogP) is 2.78. The zero-order chi connectivity index (χ0) is 14.9. The van der Waals surface area contributed by atoms with E-state index in [0.717, 1.165) is 11.0 Å². The first-order valence-corrected chi connectivity index (χ1v) is 6.86. The molecule has 0 bridgehead atoms. The average Bonchev–Trinajstić information content (AvgIpc) is 2.77. The highest BCUT2D eigenvalue weighted by Crippen LogP contribution is 2.33. The van der Waals surface area contributed by atoms with Crippen LogP contribution in [-0.2, 0) is 4.79 Å². The fourth-order valence-corrected chi connectivity index (χ4v) is 2.55. The van der Waals surface area contributed by atoms with Crippen molar-refractivity contribution in [3.63, 3.8) is 0 Å². The maximum absolute atomic E-state index is 11.2. The third-order valence-electron chi connectivity index (χ3n) is 3.22. The Morgan fingerprint density at radius 2 is 2.20 bits per heavy atom. The van der Waals surface area contributed by atoms with Crippen LogP contribution in [0.3, 0.4) is 0 Å². The summed E-state index contributed by atoms with van der Waals surface area (Å²) in [5.41, 5.74) is 6.93. The Morgan fingerprint density at radius 3 is 2.75 bits per heavy atom. The van der Waals surface area contributed by atoms with Gasteiger partial charge in [-0.15, -0.1) is 11.6 Å². The van der Waals surface area contributed by atoms with Crippen LogP contribution in [0.4, 0.5) is 0 Å². The molecule has 0 saturated carbocycles. The third-order valence-corrected chi connectivity index (χ3v) is 3.42. The number of carbonyl (C=O) groups is 1. The molecule has 0 aliphatic carbocycles. The average molecular weight is 296 g/mol. The minimum Gasteiger partial charge on any atom is -0.494 e. The molecule has 1 aromatic carbocycles. The van der Waals surface area contributed by atoms with Crippen LogP contribution < -0.4 is 10.5 Å². The van der Waals surface area contributed by atoms with Crippen LogP contribution >= 0.6 is 11.6 Å². The van der Waals surface area contributed by atoms with E-state index >= 15 is 0 Å². The Balaban J connectivity index is 2.66. The van der Waals surface area contributed by atoms with Gasteiger partial charge >= 0.3 is 0 Å². The summed E-state index contributed by atoms with van der Waals surface area (Å²) in [6, 6.07) is 5.56. The minimum absolute atomic E-state index is 0.110. The van der Waals surface area contributed by atoms with Gasteiger partial charge in [-0.1, -0.05) is 6.07 Å². The summed E-state index contributed by atoms with van der Waals surface area (Å²) in [5, 5.41) is -0.276. The van der Waals surface area contributed by atoms with Gasteiger partial charge in [-0.25, -0.2) is 4.98 Å². The summed E-state index contributed by atoms with van der Waals surface area (Å²) >= 11 is 6.22. The van der Waals surface area contributed by atoms with Crippen molar-refractivity contribution in [2.45, 2.75) is 31.7 Å². The van der Waals surface area contributed by atoms with Crippen LogP contribution in [0, 0.1) is 0 Å². The smallest absolute Gasteiger partial charge is 0.219 e. The Bertz CT molecular complexity index is 637. The van der Waals surface area contributed by atoms with Crippen LogP contribution in [0.2, 0.25) is 0 Å². The topological polar surface area (TPSA) is 70.1 Å². The summed E-state index contributed by atoms with van der Waals surface area (Å²) in [4.78, 5) is 15.7. The quantitative estimate of drug-likeness (QED) is 0.862. The van der Waals surface area contributed by atoms with Gasteiger partial charge in [-0.2, -0.15) is 0 Å². The number of ether oxygens (including phenoxy) is 1. The third kappa shape index (κ3) is 2.58. The van der Waals surface area contributed by atoms with Gasteiger partial charge in [0.05, 0.1) is 18.0 Å². The van der Waals surface area contributed by atoms with Crippen molar-refractivity contribution in [3.05, 3.63) is 24.0 Å². The van der Waals surface area contributed by atoms with Crippen molar-refractivity contribution in [1.82, 2.24) is 9.55 Å². The van der Waals surface area contributed by atoms with Crippen molar-refractivity contribution in [1.29, 1.82) is 0 Å². The number of hydrogen-bond acceptors (Lipinski definition) is 3. The molecule has 2 aromatic rings. The monoisotopic (exact) mass is 295 g/mol. The number of imidazole rings is 1. The second kappa shape index (κ2) is 5.71. The van der Waals surface area contributed by atoms with E-state index < -0.39 is 0 Å². The second-order valence-corrected chi connectivity index (χ2v) is 5.46. The maximum Gasteiger partial charge on any atom is 0.219 e. The highest BCUT2D eigenvalue weighted by molar-refractivity contribution is 6.20. The molecule has 0 spiro atoms. The largest absolute Gasteiger partial charge is 0.494 e. The molecular weight excluding hydrogens is 278 g/mol. The van der Waals surface area contributed by atoms with Gasteiger partial charge in [0.25, 0.3) is 0 Å². The molecule has 2 rings (SSSR count). The van der Waals surface area contributed by atoms with E-state index in [1.807, 2.05) is 36.6 Å². The normalized spacial score (nSPS) is 14.2. The Morgan fingerprint density at radius 1 is 1.50 bits per heavy atom. The highest BCUT2D eigenvalue weighted by Gasteiger charge is 2.21. The molecular formula is C14H18ClN3O2. The molecule has 1 amide bonds. The molecule has 2 N–H and O–H groups in total. The fourth-order valence-electron chi connectivity index (χ4n) is 2.40. The molecule has 5 nitrogen and oxygen atoms in total. The number of nitrogens with zero attached hydrogens (tertiary/aromatic N) is 2. The number of amides is 1. The van der Waals surface area contributed by atoms with E-state index in [1.54, 1.807) is 7.11 Å². The van der Waals surface area contributed by atoms with Crippen molar-refractivity contribution >= 4 is 28.5 Å². The molecule has 0 aliphatic heterocycles. The van der Waals surface area contributed by atoms with E-state index in [0.29, 0.717) is 11.6 Å². The summed E-state index contributed by atoms with van der Waals surface area (Å²) in [6.45, 7) is 3.77. The Hall–Kier alpha value is -1.75. The Labute approximate surface area is 122 Å². The van der Waals surface area contributed by atoms with Gasteiger partial charge < -0.3 is 15.0 Å². The standard InChI is InChI=1S/C14H18ClN3O2/c1-8(7-12(16)19)18-10-5-4-6-11(20-3)13(10)17-14(18)9(2)15/h4-6,8-9H,7H2,1-3H3,(H2,16,19). The molecule has 0 radical (unpaired) electrons. The van der Waals surface area contributed by atoms with E-state index in [2.05, 4.69) is 4.98 Å². The lowest BCUT2D eigenvalue weighted by molar-refractivity contribution is -0.118. The maximum atomic E-state index is 11.2. The van der Waals surface area contributed by atoms with Gasteiger partial charge in [0.15, 0.2) is 0 Å². The van der Waals surface area contributed by atoms with Crippen molar-refractivity contribution in [3.8, 4) is 5.75 Å². The van der Waals surface area contributed by atoms with Gasteiger partial charge in [0.2, 0.25) is 5.91 Å². The van der Waals surface area contributed by atoms with Crippen LogP contribution in [0.5, 0.6) is 5.75 Å². The number of aromatic nitrogens is 2. The van der Waals surface area contributed by atoms with Crippen LogP contribution in [0.15, 0.2) is 18.2 Å². The lowest BCUT2D eigenvalue weighted by Gasteiger charge is -2.17. The summed E-state index contributed by atoms with van der Waals surface area (Å²) in [7, 11) is 1.60. The molecule has 1 aromatic heterocycles. The molecule has 2 unspecified atom stereocenters. The van der Waals surface area contributed by atoms with Crippen LogP contribution in [0.25, 0.3) is 11.0 Å². The summed E-state index contributed by atoms with van der Waals surface area (Å²) < 4.78 is 7.28. The zero-order valence-corrected chi connectivity index (χ0v) is 12.5.